The minimum Gasteiger partial charge on any atom is -0.490 e. The Kier molecular flexibility index (Phi) is 2.59. The van der Waals surface area contributed by atoms with Crippen molar-refractivity contribution in [2.45, 2.75) is 37.3 Å². The van der Waals surface area contributed by atoms with E-state index in [0.717, 1.165) is 24.2 Å². The molecule has 2 heterocycles. The average Bonchev–Trinajstić information content (AvgIpc) is 2.89. The lowest BCUT2D eigenvalue weighted by Crippen LogP contribution is -2.48. The van der Waals surface area contributed by atoms with Gasteiger partial charge in [0.05, 0.1) is 19.3 Å². The number of aliphatic hydroxyl groups is 1. The minimum atomic E-state index is -0.486. The number of fused-ring (bicyclic) bond motifs is 2. The summed E-state index contributed by atoms with van der Waals surface area (Å²) in [5.74, 6) is 0.403. The van der Waals surface area contributed by atoms with Gasteiger partial charge in [-0.15, -0.1) is 0 Å². The summed E-state index contributed by atoms with van der Waals surface area (Å²) in [6.07, 6.45) is 2.02. The van der Waals surface area contributed by atoms with Crippen molar-refractivity contribution in [3.63, 3.8) is 0 Å². The Morgan fingerprint density at radius 3 is 2.79 bits per heavy atom. The summed E-state index contributed by atoms with van der Waals surface area (Å²) in [5.41, 5.74) is 0.888. The summed E-state index contributed by atoms with van der Waals surface area (Å²) >= 11 is 0. The van der Waals surface area contributed by atoms with Gasteiger partial charge in [0, 0.05) is 24.3 Å². The van der Waals surface area contributed by atoms with Crippen molar-refractivity contribution >= 4 is 0 Å². The molecule has 1 aliphatic carbocycles. The molecule has 2 fully saturated rings. The van der Waals surface area contributed by atoms with Gasteiger partial charge in [-0.05, 0) is 12.5 Å². The fourth-order valence-corrected chi connectivity index (χ4v) is 3.62. The van der Waals surface area contributed by atoms with E-state index in [2.05, 4.69) is 0 Å². The summed E-state index contributed by atoms with van der Waals surface area (Å²) in [5, 5.41) is 10.6. The van der Waals surface area contributed by atoms with Crippen LogP contribution in [0, 0.1) is 5.92 Å². The zero-order chi connectivity index (χ0) is 12.9. The summed E-state index contributed by atoms with van der Waals surface area (Å²) in [7, 11) is 0. The van der Waals surface area contributed by atoms with Gasteiger partial charge in [0.15, 0.2) is 5.79 Å². The van der Waals surface area contributed by atoms with E-state index in [1.165, 1.54) is 0 Å². The van der Waals surface area contributed by atoms with Crippen molar-refractivity contribution in [2.75, 3.05) is 13.2 Å². The summed E-state index contributed by atoms with van der Waals surface area (Å²) in [6, 6.07) is 7.75. The first kappa shape index (κ1) is 11.7. The fourth-order valence-electron chi connectivity index (χ4n) is 3.62. The molecule has 3 aliphatic rings. The molecule has 3 atom stereocenters. The lowest BCUT2D eigenvalue weighted by atomic mass is 9.75. The van der Waals surface area contributed by atoms with E-state index >= 15 is 0 Å². The highest BCUT2D eigenvalue weighted by Gasteiger charge is 2.50. The van der Waals surface area contributed by atoms with Crippen molar-refractivity contribution in [1.82, 2.24) is 0 Å². The van der Waals surface area contributed by atoms with Crippen LogP contribution in [0.3, 0.4) is 0 Å². The van der Waals surface area contributed by atoms with Crippen LogP contribution in [0.1, 0.15) is 30.9 Å². The van der Waals surface area contributed by atoms with E-state index in [1.54, 1.807) is 0 Å². The first-order chi connectivity index (χ1) is 9.27. The molecular formula is C15H18O4. The summed E-state index contributed by atoms with van der Waals surface area (Å²) < 4.78 is 17.6. The number of hydrogen-bond donors (Lipinski definition) is 1. The molecule has 4 heteroatoms. The van der Waals surface area contributed by atoms with Crippen LogP contribution in [0.2, 0.25) is 0 Å². The Morgan fingerprint density at radius 1 is 1.16 bits per heavy atom. The number of benzene rings is 1. The fraction of sp³-hybridized carbons (Fsp3) is 0.600. The van der Waals surface area contributed by atoms with E-state index < -0.39 is 11.9 Å². The van der Waals surface area contributed by atoms with Crippen molar-refractivity contribution in [1.29, 1.82) is 0 Å². The zero-order valence-electron chi connectivity index (χ0n) is 10.7. The second kappa shape index (κ2) is 4.20. The van der Waals surface area contributed by atoms with E-state index in [0.29, 0.717) is 19.6 Å². The minimum absolute atomic E-state index is 0.0572. The Hall–Kier alpha value is -1.10. The maximum Gasteiger partial charge on any atom is 0.169 e. The number of para-hydroxylation sites is 1. The molecule has 0 bridgehead atoms. The molecule has 2 aliphatic heterocycles. The third kappa shape index (κ3) is 1.78. The van der Waals surface area contributed by atoms with Crippen LogP contribution in [0.4, 0.5) is 0 Å². The van der Waals surface area contributed by atoms with Gasteiger partial charge in [-0.3, -0.25) is 0 Å². The zero-order valence-corrected chi connectivity index (χ0v) is 10.7. The summed E-state index contributed by atoms with van der Waals surface area (Å²) in [6.45, 7) is 1.32. The first-order valence-electron chi connectivity index (χ1n) is 6.99. The highest BCUT2D eigenvalue weighted by molar-refractivity contribution is 5.38. The predicted molar refractivity (Wildman–Crippen MR) is 67.8 cm³/mol. The van der Waals surface area contributed by atoms with Gasteiger partial charge in [0.1, 0.15) is 11.9 Å². The Bertz CT molecular complexity index is 481. The normalized spacial score (nSPS) is 35.5. The molecule has 1 aromatic rings. The third-order valence-corrected chi connectivity index (χ3v) is 4.57. The van der Waals surface area contributed by atoms with Gasteiger partial charge in [0.2, 0.25) is 0 Å². The van der Waals surface area contributed by atoms with Crippen LogP contribution < -0.4 is 4.74 Å². The molecule has 1 saturated heterocycles. The monoisotopic (exact) mass is 262 g/mol. The van der Waals surface area contributed by atoms with E-state index in [4.69, 9.17) is 14.2 Å². The highest BCUT2D eigenvalue weighted by Crippen LogP contribution is 2.49. The Labute approximate surface area is 112 Å². The lowest BCUT2D eigenvalue weighted by Gasteiger charge is -2.45. The molecule has 1 spiro atoms. The molecular weight excluding hydrogens is 244 g/mol. The average molecular weight is 262 g/mol. The molecule has 102 valence electrons. The molecule has 4 nitrogen and oxygen atoms in total. The molecule has 1 N–H and O–H groups in total. The topological polar surface area (TPSA) is 47.9 Å². The Morgan fingerprint density at radius 2 is 1.95 bits per heavy atom. The summed E-state index contributed by atoms with van der Waals surface area (Å²) in [4.78, 5) is 0. The van der Waals surface area contributed by atoms with Crippen LogP contribution in [0.15, 0.2) is 24.3 Å². The van der Waals surface area contributed by atoms with E-state index in [-0.39, 0.29) is 12.0 Å². The predicted octanol–water partition coefficient (Wildman–Crippen LogP) is 2.02. The molecule has 0 aromatic heterocycles. The van der Waals surface area contributed by atoms with E-state index in [1.807, 2.05) is 24.3 Å². The van der Waals surface area contributed by atoms with Crippen molar-refractivity contribution < 1.29 is 19.3 Å². The first-order valence-corrected chi connectivity index (χ1v) is 6.99. The molecule has 0 amide bonds. The standard InChI is InChI=1S/C15H18O4/c16-14-10-3-1-2-4-12(10)19-13-5-6-15(9-11(13)14)17-7-8-18-15/h1-4,11,13-14,16H,5-9H2. The highest BCUT2D eigenvalue weighted by atomic mass is 16.7. The van der Waals surface area contributed by atoms with Crippen molar-refractivity contribution in [3.8, 4) is 5.75 Å². The third-order valence-electron chi connectivity index (χ3n) is 4.57. The van der Waals surface area contributed by atoms with Crippen molar-refractivity contribution in [3.05, 3.63) is 29.8 Å². The van der Waals surface area contributed by atoms with Gasteiger partial charge in [-0.1, -0.05) is 18.2 Å². The van der Waals surface area contributed by atoms with Crippen molar-refractivity contribution in [2.24, 2.45) is 5.92 Å². The van der Waals surface area contributed by atoms with E-state index in [9.17, 15) is 5.11 Å². The number of ether oxygens (including phenoxy) is 3. The number of aliphatic hydroxyl groups excluding tert-OH is 1. The number of hydrogen-bond acceptors (Lipinski definition) is 4. The second-order valence-electron chi connectivity index (χ2n) is 5.65. The molecule has 0 radical (unpaired) electrons. The largest absolute Gasteiger partial charge is 0.490 e. The molecule has 3 unspecified atom stereocenters. The lowest BCUT2D eigenvalue weighted by molar-refractivity contribution is -0.213. The smallest absolute Gasteiger partial charge is 0.169 e. The quantitative estimate of drug-likeness (QED) is 0.777. The molecule has 1 saturated carbocycles. The SMILES string of the molecule is OC1c2ccccc2OC2CCC3(CC21)OCCO3. The Balaban J connectivity index is 1.65. The van der Waals surface area contributed by atoms with Crippen LogP contribution in [-0.2, 0) is 9.47 Å². The van der Waals surface area contributed by atoms with Crippen LogP contribution in [0.25, 0.3) is 0 Å². The van der Waals surface area contributed by atoms with Gasteiger partial charge in [-0.2, -0.15) is 0 Å². The maximum absolute atomic E-state index is 10.6. The van der Waals surface area contributed by atoms with Crippen LogP contribution in [0.5, 0.6) is 5.75 Å². The second-order valence-corrected chi connectivity index (χ2v) is 5.65. The van der Waals surface area contributed by atoms with Gasteiger partial charge < -0.3 is 19.3 Å². The van der Waals surface area contributed by atoms with Gasteiger partial charge in [-0.25, -0.2) is 0 Å². The van der Waals surface area contributed by atoms with Crippen LogP contribution >= 0.6 is 0 Å². The molecule has 1 aromatic carbocycles. The molecule has 4 rings (SSSR count). The van der Waals surface area contributed by atoms with Gasteiger partial charge >= 0.3 is 0 Å². The van der Waals surface area contributed by atoms with Crippen LogP contribution in [-0.4, -0.2) is 30.2 Å². The number of rotatable bonds is 0. The molecule has 19 heavy (non-hydrogen) atoms. The maximum atomic E-state index is 10.6. The van der Waals surface area contributed by atoms with Gasteiger partial charge in [0.25, 0.3) is 0 Å².